The molecule has 3 aromatic carbocycles. The molecular weight excluding hydrogens is 370 g/mol. The Kier molecular flexibility index (Phi) is 6.98. The minimum atomic E-state index is -0.279. The van der Waals surface area contributed by atoms with Gasteiger partial charge in [-0.25, -0.2) is 0 Å². The van der Waals surface area contributed by atoms with E-state index < -0.39 is 0 Å². The van der Waals surface area contributed by atoms with E-state index in [-0.39, 0.29) is 5.91 Å². The zero-order valence-electron chi connectivity index (χ0n) is 15.2. The monoisotopic (exact) mass is 391 g/mol. The topological polar surface area (TPSA) is 62.4 Å². The molecule has 142 valence electrons. The van der Waals surface area contributed by atoms with Crippen molar-refractivity contribution in [2.45, 2.75) is 13.2 Å². The molecule has 0 aliphatic rings. The van der Waals surface area contributed by atoms with Gasteiger partial charge in [0.25, 0.3) is 5.91 Å². The number of nitrogens with one attached hydrogen (secondary N) is 3. The summed E-state index contributed by atoms with van der Waals surface area (Å²) in [4.78, 5) is 12.2. The van der Waals surface area contributed by atoms with E-state index in [9.17, 15) is 4.79 Å². The highest BCUT2D eigenvalue weighted by atomic mass is 32.1. The molecule has 0 unspecified atom stereocenters. The molecule has 0 aliphatic heterocycles. The third-order valence-electron chi connectivity index (χ3n) is 3.95. The molecule has 0 heterocycles. The van der Waals surface area contributed by atoms with Gasteiger partial charge in [-0.15, -0.1) is 0 Å². The Morgan fingerprint density at radius 2 is 1.39 bits per heavy atom. The van der Waals surface area contributed by atoms with Gasteiger partial charge in [0.2, 0.25) is 0 Å². The van der Waals surface area contributed by atoms with Gasteiger partial charge in [0.15, 0.2) is 5.11 Å². The lowest BCUT2D eigenvalue weighted by atomic mass is 10.2. The Bertz CT molecular complexity index is 900. The van der Waals surface area contributed by atoms with Crippen LogP contribution in [0.15, 0.2) is 84.9 Å². The van der Waals surface area contributed by atoms with E-state index in [4.69, 9.17) is 17.0 Å². The van der Waals surface area contributed by atoms with Crippen LogP contribution in [0.2, 0.25) is 0 Å². The van der Waals surface area contributed by atoms with E-state index in [2.05, 4.69) is 16.2 Å². The van der Waals surface area contributed by atoms with Gasteiger partial charge in [-0.1, -0.05) is 60.7 Å². The van der Waals surface area contributed by atoms with Crippen LogP contribution in [0.4, 0.5) is 0 Å². The molecule has 1 amide bonds. The number of amides is 1. The Morgan fingerprint density at radius 1 is 0.786 bits per heavy atom. The summed E-state index contributed by atoms with van der Waals surface area (Å²) in [6.07, 6.45) is 0. The van der Waals surface area contributed by atoms with Gasteiger partial charge in [0.05, 0.1) is 0 Å². The van der Waals surface area contributed by atoms with Crippen LogP contribution in [0.1, 0.15) is 21.5 Å². The summed E-state index contributed by atoms with van der Waals surface area (Å²) in [6.45, 7) is 1.06. The van der Waals surface area contributed by atoms with Crippen LogP contribution in [0.3, 0.4) is 0 Å². The van der Waals surface area contributed by atoms with Crippen molar-refractivity contribution in [2.75, 3.05) is 0 Å². The smallest absolute Gasteiger partial charge is 0.269 e. The first-order chi connectivity index (χ1) is 13.7. The van der Waals surface area contributed by atoms with Gasteiger partial charge in [-0.05, 0) is 47.6 Å². The summed E-state index contributed by atoms with van der Waals surface area (Å²) in [7, 11) is 0. The summed E-state index contributed by atoms with van der Waals surface area (Å²) in [5.74, 6) is 0.423. The fraction of sp³-hybridized carbons (Fsp3) is 0.0909. The molecule has 0 radical (unpaired) electrons. The van der Waals surface area contributed by atoms with Crippen LogP contribution in [-0.4, -0.2) is 11.0 Å². The van der Waals surface area contributed by atoms with Crippen molar-refractivity contribution in [1.82, 2.24) is 16.2 Å². The number of rotatable bonds is 6. The molecule has 0 bridgehead atoms. The average molecular weight is 391 g/mol. The van der Waals surface area contributed by atoms with Crippen molar-refractivity contribution in [3.63, 3.8) is 0 Å². The fourth-order valence-electron chi connectivity index (χ4n) is 2.45. The first kappa shape index (κ1) is 19.4. The van der Waals surface area contributed by atoms with Crippen molar-refractivity contribution in [3.8, 4) is 5.75 Å². The van der Waals surface area contributed by atoms with Crippen LogP contribution >= 0.6 is 12.2 Å². The first-order valence-corrected chi connectivity index (χ1v) is 9.26. The zero-order valence-corrected chi connectivity index (χ0v) is 16.0. The van der Waals surface area contributed by atoms with Crippen LogP contribution in [0.25, 0.3) is 0 Å². The van der Waals surface area contributed by atoms with Crippen molar-refractivity contribution in [3.05, 3.63) is 102 Å². The highest BCUT2D eigenvalue weighted by Crippen LogP contribution is 2.14. The normalized spacial score (nSPS) is 10.0. The molecule has 6 heteroatoms. The molecule has 28 heavy (non-hydrogen) atoms. The second-order valence-electron chi connectivity index (χ2n) is 6.05. The summed E-state index contributed by atoms with van der Waals surface area (Å²) >= 11 is 5.17. The molecule has 0 spiro atoms. The molecule has 0 atom stereocenters. The number of hydrogen-bond acceptors (Lipinski definition) is 3. The molecule has 0 aliphatic carbocycles. The predicted molar refractivity (Wildman–Crippen MR) is 114 cm³/mol. The standard InChI is InChI=1S/C22H21N3O2S/c26-21(24-25-22(28)23-15-17-7-3-1-4-8-17)19-11-13-20(14-12-19)27-16-18-9-5-2-6-10-18/h1-14H,15-16H2,(H,24,26)(H2,23,25,28). The predicted octanol–water partition coefficient (Wildman–Crippen LogP) is 3.57. The third kappa shape index (κ3) is 6.10. The minimum Gasteiger partial charge on any atom is -0.489 e. The highest BCUT2D eigenvalue weighted by molar-refractivity contribution is 7.80. The number of carbonyl (C=O) groups excluding carboxylic acids is 1. The maximum atomic E-state index is 12.2. The lowest BCUT2D eigenvalue weighted by Crippen LogP contribution is -2.46. The van der Waals surface area contributed by atoms with Crippen molar-refractivity contribution in [2.24, 2.45) is 0 Å². The summed E-state index contributed by atoms with van der Waals surface area (Å²) in [5, 5.41) is 3.38. The van der Waals surface area contributed by atoms with Crippen LogP contribution in [0, 0.1) is 0 Å². The molecule has 3 aromatic rings. The highest BCUT2D eigenvalue weighted by Gasteiger charge is 2.06. The molecule has 0 saturated heterocycles. The lowest BCUT2D eigenvalue weighted by Gasteiger charge is -2.12. The molecule has 3 rings (SSSR count). The number of hydrazine groups is 1. The van der Waals surface area contributed by atoms with Crippen molar-refractivity contribution >= 4 is 23.2 Å². The lowest BCUT2D eigenvalue weighted by molar-refractivity contribution is 0.0943. The maximum absolute atomic E-state index is 12.2. The van der Waals surface area contributed by atoms with Crippen molar-refractivity contribution in [1.29, 1.82) is 0 Å². The van der Waals surface area contributed by atoms with Gasteiger partial charge in [-0.3, -0.25) is 15.6 Å². The quantitative estimate of drug-likeness (QED) is 0.443. The largest absolute Gasteiger partial charge is 0.489 e. The van der Waals surface area contributed by atoms with E-state index in [1.54, 1.807) is 24.3 Å². The molecule has 0 aromatic heterocycles. The van der Waals surface area contributed by atoms with Gasteiger partial charge in [0.1, 0.15) is 12.4 Å². The summed E-state index contributed by atoms with van der Waals surface area (Å²) in [6, 6.07) is 26.7. The number of benzene rings is 3. The van der Waals surface area contributed by atoms with Crippen LogP contribution in [0.5, 0.6) is 5.75 Å². The van der Waals surface area contributed by atoms with E-state index in [1.807, 2.05) is 60.7 Å². The van der Waals surface area contributed by atoms with Crippen LogP contribution in [-0.2, 0) is 13.2 Å². The number of hydrogen-bond donors (Lipinski definition) is 3. The molecule has 3 N–H and O–H groups in total. The molecule has 0 saturated carbocycles. The second-order valence-corrected chi connectivity index (χ2v) is 6.45. The van der Waals surface area contributed by atoms with E-state index >= 15 is 0 Å². The first-order valence-electron chi connectivity index (χ1n) is 8.85. The van der Waals surface area contributed by atoms with E-state index in [1.165, 1.54) is 0 Å². The SMILES string of the molecule is O=C(NNC(=S)NCc1ccccc1)c1ccc(OCc2ccccc2)cc1. The zero-order chi connectivity index (χ0) is 19.6. The Labute approximate surface area is 169 Å². The summed E-state index contributed by atoms with van der Waals surface area (Å²) < 4.78 is 5.72. The van der Waals surface area contributed by atoms with Gasteiger partial charge < -0.3 is 10.1 Å². The van der Waals surface area contributed by atoms with Gasteiger partial charge in [0, 0.05) is 12.1 Å². The molecule has 0 fully saturated rings. The second kappa shape index (κ2) is 10.1. The molecular formula is C22H21N3O2S. The number of carbonyl (C=O) groups is 1. The Balaban J connectivity index is 1.42. The number of thiocarbonyl (C=S) groups is 1. The summed E-state index contributed by atoms with van der Waals surface area (Å²) in [5.41, 5.74) is 7.97. The van der Waals surface area contributed by atoms with E-state index in [0.717, 1.165) is 11.1 Å². The van der Waals surface area contributed by atoms with Crippen LogP contribution < -0.4 is 20.9 Å². The van der Waals surface area contributed by atoms with Gasteiger partial charge in [-0.2, -0.15) is 0 Å². The molecule has 5 nitrogen and oxygen atoms in total. The fourth-order valence-corrected chi connectivity index (χ4v) is 2.57. The average Bonchev–Trinajstić information content (AvgIpc) is 2.76. The Hall–Kier alpha value is -3.38. The number of ether oxygens (including phenoxy) is 1. The van der Waals surface area contributed by atoms with Crippen molar-refractivity contribution < 1.29 is 9.53 Å². The van der Waals surface area contributed by atoms with E-state index in [0.29, 0.717) is 29.6 Å². The Morgan fingerprint density at radius 3 is 2.04 bits per heavy atom. The maximum Gasteiger partial charge on any atom is 0.269 e. The third-order valence-corrected chi connectivity index (χ3v) is 4.20. The minimum absolute atomic E-state index is 0.279. The van der Waals surface area contributed by atoms with Gasteiger partial charge >= 0.3 is 0 Å².